The van der Waals surface area contributed by atoms with Gasteiger partial charge in [0.2, 0.25) is 5.91 Å². The number of hydrogen-bond acceptors (Lipinski definition) is 8. The van der Waals surface area contributed by atoms with E-state index < -0.39 is 20.5 Å². The SMILES string of the molecule is O=C(Cc1ccco1)NCCCOc1ccc(S(=O)(=O)C2(C(=O)NO)CCOCC2)cc1. The van der Waals surface area contributed by atoms with Crippen LogP contribution >= 0.6 is 0 Å². The van der Waals surface area contributed by atoms with Crippen molar-refractivity contribution in [2.24, 2.45) is 0 Å². The summed E-state index contributed by atoms with van der Waals surface area (Å²) in [5.74, 6) is -0.0648. The average molecular weight is 467 g/mol. The molecule has 174 valence electrons. The topological polar surface area (TPSA) is 144 Å². The second kappa shape index (κ2) is 10.6. The van der Waals surface area contributed by atoms with Gasteiger partial charge in [-0.25, -0.2) is 13.9 Å². The third kappa shape index (κ3) is 5.29. The molecule has 3 N–H and O–H groups in total. The van der Waals surface area contributed by atoms with Crippen LogP contribution in [0.2, 0.25) is 0 Å². The summed E-state index contributed by atoms with van der Waals surface area (Å²) in [6.07, 6.45) is 2.14. The van der Waals surface area contributed by atoms with E-state index >= 15 is 0 Å². The van der Waals surface area contributed by atoms with Gasteiger partial charge in [0.1, 0.15) is 11.5 Å². The van der Waals surface area contributed by atoms with Gasteiger partial charge in [0.15, 0.2) is 14.6 Å². The van der Waals surface area contributed by atoms with E-state index in [1.807, 2.05) is 0 Å². The highest BCUT2D eigenvalue weighted by atomic mass is 32.2. The fourth-order valence-corrected chi connectivity index (χ4v) is 5.42. The van der Waals surface area contributed by atoms with E-state index in [1.54, 1.807) is 12.1 Å². The third-order valence-electron chi connectivity index (χ3n) is 5.29. The van der Waals surface area contributed by atoms with Crippen LogP contribution < -0.4 is 15.5 Å². The van der Waals surface area contributed by atoms with E-state index in [-0.39, 0.29) is 43.3 Å². The highest BCUT2D eigenvalue weighted by molar-refractivity contribution is 7.93. The maximum absolute atomic E-state index is 13.2. The first-order chi connectivity index (χ1) is 15.4. The van der Waals surface area contributed by atoms with Crippen molar-refractivity contribution in [3.63, 3.8) is 0 Å². The fourth-order valence-electron chi connectivity index (χ4n) is 3.49. The zero-order valence-corrected chi connectivity index (χ0v) is 18.2. The molecule has 0 bridgehead atoms. The molecule has 0 unspecified atom stereocenters. The predicted molar refractivity (Wildman–Crippen MR) is 112 cm³/mol. The monoisotopic (exact) mass is 466 g/mol. The summed E-state index contributed by atoms with van der Waals surface area (Å²) in [7, 11) is -4.07. The van der Waals surface area contributed by atoms with Crippen molar-refractivity contribution in [2.75, 3.05) is 26.4 Å². The van der Waals surface area contributed by atoms with Crippen LogP contribution in [-0.4, -0.2) is 56.6 Å². The zero-order valence-electron chi connectivity index (χ0n) is 17.4. The molecule has 0 spiro atoms. The Hall–Kier alpha value is -2.89. The number of amides is 2. The van der Waals surface area contributed by atoms with Crippen molar-refractivity contribution in [3.8, 4) is 5.75 Å². The largest absolute Gasteiger partial charge is 0.494 e. The molecule has 11 heteroatoms. The molecule has 0 atom stereocenters. The van der Waals surface area contributed by atoms with Crippen LogP contribution in [0, 0.1) is 0 Å². The molecule has 1 aliphatic heterocycles. The number of sulfone groups is 1. The molecule has 1 fully saturated rings. The number of ether oxygens (including phenoxy) is 2. The van der Waals surface area contributed by atoms with E-state index in [4.69, 9.17) is 19.1 Å². The number of hydrogen-bond donors (Lipinski definition) is 3. The number of furan rings is 1. The van der Waals surface area contributed by atoms with Crippen molar-refractivity contribution >= 4 is 21.7 Å². The molecule has 1 aliphatic rings. The van der Waals surface area contributed by atoms with Crippen LogP contribution in [0.1, 0.15) is 25.0 Å². The van der Waals surface area contributed by atoms with Crippen molar-refractivity contribution in [1.29, 1.82) is 0 Å². The Kier molecular flexibility index (Phi) is 7.89. The number of hydroxylamine groups is 1. The van der Waals surface area contributed by atoms with Gasteiger partial charge in [0.25, 0.3) is 5.91 Å². The molecule has 1 aromatic heterocycles. The molecular formula is C21H26N2O8S. The van der Waals surface area contributed by atoms with Gasteiger partial charge in [-0.2, -0.15) is 0 Å². The number of rotatable bonds is 10. The van der Waals surface area contributed by atoms with E-state index in [1.165, 1.54) is 36.0 Å². The van der Waals surface area contributed by atoms with Crippen molar-refractivity contribution < 1.29 is 37.1 Å². The van der Waals surface area contributed by atoms with Gasteiger partial charge >= 0.3 is 0 Å². The first-order valence-corrected chi connectivity index (χ1v) is 11.7. The summed E-state index contributed by atoms with van der Waals surface area (Å²) in [5, 5.41) is 11.9. The Morgan fingerprint density at radius 1 is 1.12 bits per heavy atom. The maximum Gasteiger partial charge on any atom is 0.265 e. The van der Waals surface area contributed by atoms with Crippen molar-refractivity contribution in [2.45, 2.75) is 35.3 Å². The van der Waals surface area contributed by atoms with Gasteiger partial charge in [0.05, 0.1) is 24.2 Å². The van der Waals surface area contributed by atoms with Crippen LogP contribution in [0.5, 0.6) is 5.75 Å². The van der Waals surface area contributed by atoms with Crippen LogP contribution in [0.3, 0.4) is 0 Å². The Balaban J connectivity index is 1.51. The Morgan fingerprint density at radius 2 is 1.84 bits per heavy atom. The molecule has 1 aromatic carbocycles. The molecule has 2 aromatic rings. The minimum atomic E-state index is -4.07. The minimum Gasteiger partial charge on any atom is -0.494 e. The molecule has 32 heavy (non-hydrogen) atoms. The van der Waals surface area contributed by atoms with Gasteiger partial charge in [0, 0.05) is 19.8 Å². The summed E-state index contributed by atoms with van der Waals surface area (Å²) in [4.78, 5) is 24.0. The van der Waals surface area contributed by atoms with Gasteiger partial charge in [-0.3, -0.25) is 14.8 Å². The molecule has 2 amide bonds. The Morgan fingerprint density at radius 3 is 2.47 bits per heavy atom. The van der Waals surface area contributed by atoms with Gasteiger partial charge in [-0.05, 0) is 55.7 Å². The normalized spacial score (nSPS) is 15.7. The van der Waals surface area contributed by atoms with Gasteiger partial charge in [-0.1, -0.05) is 0 Å². The lowest BCUT2D eigenvalue weighted by atomic mass is 9.98. The molecule has 3 rings (SSSR count). The van der Waals surface area contributed by atoms with Crippen LogP contribution in [0.25, 0.3) is 0 Å². The minimum absolute atomic E-state index is 0.0412. The lowest BCUT2D eigenvalue weighted by Crippen LogP contribution is -2.54. The summed E-state index contributed by atoms with van der Waals surface area (Å²) in [6, 6.07) is 9.21. The molecule has 2 heterocycles. The smallest absolute Gasteiger partial charge is 0.265 e. The summed E-state index contributed by atoms with van der Waals surface area (Å²) in [6.45, 7) is 0.950. The van der Waals surface area contributed by atoms with Crippen LogP contribution in [-0.2, 0) is 30.6 Å². The number of carbonyl (C=O) groups is 2. The average Bonchev–Trinajstić information content (AvgIpc) is 3.32. The Bertz CT molecular complexity index is 997. The van der Waals surface area contributed by atoms with Crippen molar-refractivity contribution in [1.82, 2.24) is 10.8 Å². The lowest BCUT2D eigenvalue weighted by Gasteiger charge is -2.34. The summed E-state index contributed by atoms with van der Waals surface area (Å²) in [5.41, 5.74) is 1.49. The van der Waals surface area contributed by atoms with E-state index in [0.717, 1.165) is 0 Å². The predicted octanol–water partition coefficient (Wildman–Crippen LogP) is 1.24. The highest BCUT2D eigenvalue weighted by Gasteiger charge is 2.52. The number of carbonyl (C=O) groups excluding carboxylic acids is 2. The molecule has 1 saturated heterocycles. The molecule has 10 nitrogen and oxygen atoms in total. The zero-order chi connectivity index (χ0) is 23.0. The maximum atomic E-state index is 13.2. The highest BCUT2D eigenvalue weighted by Crippen LogP contribution is 2.35. The number of benzene rings is 1. The number of nitrogens with one attached hydrogen (secondary N) is 2. The van der Waals surface area contributed by atoms with Crippen LogP contribution in [0.15, 0.2) is 52.0 Å². The van der Waals surface area contributed by atoms with Gasteiger partial charge in [-0.15, -0.1) is 0 Å². The molecule has 0 aliphatic carbocycles. The third-order valence-corrected chi connectivity index (χ3v) is 7.81. The van der Waals surface area contributed by atoms with E-state index in [2.05, 4.69) is 5.32 Å². The first kappa shape index (κ1) is 23.8. The quantitative estimate of drug-likeness (QED) is 0.269. The molecule has 0 radical (unpaired) electrons. The molecule has 0 saturated carbocycles. The van der Waals surface area contributed by atoms with Crippen molar-refractivity contribution in [3.05, 3.63) is 48.4 Å². The van der Waals surface area contributed by atoms with E-state index in [9.17, 15) is 18.0 Å². The standard InChI is InChI=1S/C21H26N2O8S/c24-19(15-17-3-1-11-31-17)22-10-2-12-30-16-4-6-18(7-5-16)32(27,28)21(20(25)23-26)8-13-29-14-9-21/h1,3-7,11,26H,2,8-10,12-15H2,(H,22,24)(H,23,25). The lowest BCUT2D eigenvalue weighted by molar-refractivity contribution is -0.134. The fraction of sp³-hybridized carbons (Fsp3) is 0.429. The summed E-state index contributed by atoms with van der Waals surface area (Å²) < 4.78 is 40.5. The molecular weight excluding hydrogens is 440 g/mol. The van der Waals surface area contributed by atoms with Gasteiger partial charge < -0.3 is 19.2 Å². The van der Waals surface area contributed by atoms with E-state index in [0.29, 0.717) is 31.1 Å². The first-order valence-electron chi connectivity index (χ1n) is 10.2. The second-order valence-corrected chi connectivity index (χ2v) is 9.59. The summed E-state index contributed by atoms with van der Waals surface area (Å²) >= 11 is 0. The second-order valence-electron chi connectivity index (χ2n) is 7.33. The van der Waals surface area contributed by atoms with Crippen LogP contribution in [0.4, 0.5) is 0 Å². The Labute approximate surface area is 185 Å².